The Bertz CT molecular complexity index is 709. The van der Waals surface area contributed by atoms with E-state index in [0.29, 0.717) is 0 Å². The van der Waals surface area contributed by atoms with Crippen LogP contribution in [-0.2, 0) is 14.3 Å². The number of anilines is 1. The topological polar surface area (TPSA) is 85.9 Å². The van der Waals surface area contributed by atoms with Crippen LogP contribution in [0.1, 0.15) is 41.5 Å². The summed E-state index contributed by atoms with van der Waals surface area (Å²) in [6, 6.07) is 2.93. The maximum Gasteiger partial charge on any atom is 0.573 e. The summed E-state index contributed by atoms with van der Waals surface area (Å²) < 4.78 is 52.3. The van der Waals surface area contributed by atoms with Crippen LogP contribution in [0.2, 0.25) is 0 Å². The van der Waals surface area contributed by atoms with Crippen LogP contribution in [0.5, 0.6) is 5.75 Å². The molecule has 0 aliphatic heterocycles. The van der Waals surface area contributed by atoms with E-state index >= 15 is 0 Å². The number of amides is 2. The molecule has 1 aromatic carbocycles. The lowest BCUT2D eigenvalue weighted by Crippen LogP contribution is -2.49. The third kappa shape index (κ3) is 10.6. The van der Waals surface area contributed by atoms with Gasteiger partial charge in [-0.15, -0.1) is 13.2 Å². The fourth-order valence-electron chi connectivity index (χ4n) is 1.98. The number of urea groups is 1. The normalized spacial score (nSPS) is 13.4. The minimum absolute atomic E-state index is 0.188. The van der Waals surface area contributed by atoms with Gasteiger partial charge < -0.3 is 24.8 Å². The first-order chi connectivity index (χ1) is 13.1. The number of nitrogens with one attached hydrogen (secondary N) is 2. The summed E-state index contributed by atoms with van der Waals surface area (Å²) in [4.78, 5) is 24.7. The van der Waals surface area contributed by atoms with Gasteiger partial charge in [0.1, 0.15) is 5.60 Å². The molecular weight excluding hydrogens is 393 g/mol. The van der Waals surface area contributed by atoms with Crippen LogP contribution < -0.4 is 15.4 Å². The largest absolute Gasteiger partial charge is 0.573 e. The monoisotopic (exact) mass is 420 g/mol. The molecule has 0 aromatic heterocycles. The van der Waals surface area contributed by atoms with Gasteiger partial charge >= 0.3 is 18.4 Å². The fraction of sp³-hybridized carbons (Fsp3) is 0.579. The van der Waals surface area contributed by atoms with Gasteiger partial charge in [-0.25, -0.2) is 9.59 Å². The molecule has 0 spiro atoms. The molecule has 1 unspecified atom stereocenters. The van der Waals surface area contributed by atoms with E-state index in [-0.39, 0.29) is 12.3 Å². The Morgan fingerprint density at radius 3 is 2.10 bits per heavy atom. The van der Waals surface area contributed by atoms with Crippen molar-refractivity contribution in [2.75, 3.05) is 11.9 Å². The lowest BCUT2D eigenvalue weighted by atomic mass is 10.1. The Morgan fingerprint density at radius 1 is 1.00 bits per heavy atom. The summed E-state index contributed by atoms with van der Waals surface area (Å²) in [6.45, 7) is 10.1. The van der Waals surface area contributed by atoms with Crippen molar-refractivity contribution in [1.29, 1.82) is 0 Å². The van der Waals surface area contributed by atoms with Gasteiger partial charge in [-0.3, -0.25) is 0 Å². The second kappa shape index (κ2) is 9.34. The molecule has 29 heavy (non-hydrogen) atoms. The van der Waals surface area contributed by atoms with Crippen LogP contribution in [0.4, 0.5) is 23.7 Å². The van der Waals surface area contributed by atoms with E-state index in [0.717, 1.165) is 6.07 Å². The molecule has 2 N–H and O–H groups in total. The number of alkyl halides is 3. The number of rotatable bonds is 6. The Hall–Kier alpha value is -2.49. The second-order valence-electron chi connectivity index (χ2n) is 8.15. The van der Waals surface area contributed by atoms with Gasteiger partial charge in [-0.1, -0.05) is 12.1 Å². The highest BCUT2D eigenvalue weighted by Crippen LogP contribution is 2.29. The molecule has 0 radical (unpaired) electrons. The summed E-state index contributed by atoms with van der Waals surface area (Å²) in [5.74, 6) is -1.33. The molecule has 0 saturated carbocycles. The first-order valence-corrected chi connectivity index (χ1v) is 8.85. The highest BCUT2D eigenvalue weighted by atomic mass is 19.4. The molecular formula is C19H27F3N2O5. The quantitative estimate of drug-likeness (QED) is 0.673. The third-order valence-electron chi connectivity index (χ3n) is 3.04. The standard InChI is InChI=1S/C19H27F3N2O5/c1-17(2,3)27-11-13(15(25)29-18(4,5)6)24-16(26)23-12-9-7-8-10-14(12)28-19(20,21)22/h7-10,13H,11H2,1-6H3,(H2,23,24,26). The van der Waals surface area contributed by atoms with E-state index in [1.165, 1.54) is 18.2 Å². The van der Waals surface area contributed by atoms with Crippen molar-refractivity contribution in [3.8, 4) is 5.75 Å². The Labute approximate surface area is 167 Å². The average molecular weight is 420 g/mol. The van der Waals surface area contributed by atoms with Gasteiger partial charge in [-0.05, 0) is 53.7 Å². The van der Waals surface area contributed by atoms with Gasteiger partial charge in [0.2, 0.25) is 0 Å². The summed E-state index contributed by atoms with van der Waals surface area (Å²) in [6.07, 6.45) is -4.92. The maximum atomic E-state index is 12.5. The van der Waals surface area contributed by atoms with E-state index < -0.39 is 41.4 Å². The highest BCUT2D eigenvalue weighted by Gasteiger charge is 2.33. The molecule has 0 fully saturated rings. The van der Waals surface area contributed by atoms with Crippen molar-refractivity contribution >= 4 is 17.7 Å². The second-order valence-corrected chi connectivity index (χ2v) is 8.15. The van der Waals surface area contributed by atoms with E-state index in [4.69, 9.17) is 9.47 Å². The number of carbonyl (C=O) groups excluding carboxylic acids is 2. The molecule has 2 amide bonds. The van der Waals surface area contributed by atoms with Gasteiger partial charge in [0.05, 0.1) is 17.9 Å². The smallest absolute Gasteiger partial charge is 0.458 e. The number of hydrogen-bond donors (Lipinski definition) is 2. The molecule has 1 atom stereocenters. The molecule has 164 valence electrons. The molecule has 0 aliphatic rings. The zero-order chi connectivity index (χ0) is 22.5. The molecule has 0 aliphatic carbocycles. The van der Waals surface area contributed by atoms with Gasteiger partial charge in [0.15, 0.2) is 11.8 Å². The predicted octanol–water partition coefficient (Wildman–Crippen LogP) is 4.23. The van der Waals surface area contributed by atoms with E-state index in [9.17, 15) is 22.8 Å². The van der Waals surface area contributed by atoms with Crippen LogP contribution in [0, 0.1) is 0 Å². The lowest BCUT2D eigenvalue weighted by Gasteiger charge is -2.27. The van der Waals surface area contributed by atoms with Crippen LogP contribution in [-0.4, -0.2) is 42.2 Å². The molecule has 0 heterocycles. The van der Waals surface area contributed by atoms with Crippen LogP contribution in [0.15, 0.2) is 24.3 Å². The van der Waals surface area contributed by atoms with Crippen molar-refractivity contribution in [2.24, 2.45) is 0 Å². The lowest BCUT2D eigenvalue weighted by molar-refractivity contribution is -0.274. The Balaban J connectivity index is 2.91. The molecule has 1 aromatic rings. The van der Waals surface area contributed by atoms with E-state index in [1.54, 1.807) is 41.5 Å². The van der Waals surface area contributed by atoms with Crippen molar-refractivity contribution in [1.82, 2.24) is 5.32 Å². The first kappa shape index (κ1) is 24.5. The van der Waals surface area contributed by atoms with Gasteiger partial charge in [0, 0.05) is 0 Å². The Morgan fingerprint density at radius 2 is 1.59 bits per heavy atom. The molecule has 10 heteroatoms. The maximum absolute atomic E-state index is 12.5. The summed E-state index contributed by atoms with van der Waals surface area (Å²) >= 11 is 0. The van der Waals surface area contributed by atoms with Crippen molar-refractivity contribution in [3.05, 3.63) is 24.3 Å². The summed E-state index contributed by atoms with van der Waals surface area (Å²) in [5, 5.41) is 4.60. The minimum Gasteiger partial charge on any atom is -0.458 e. The number of ether oxygens (including phenoxy) is 3. The molecule has 7 nitrogen and oxygen atoms in total. The van der Waals surface area contributed by atoms with Crippen LogP contribution in [0.3, 0.4) is 0 Å². The number of halogens is 3. The molecule has 0 bridgehead atoms. The number of para-hydroxylation sites is 2. The third-order valence-corrected chi connectivity index (χ3v) is 3.04. The van der Waals surface area contributed by atoms with Crippen molar-refractivity contribution in [3.63, 3.8) is 0 Å². The summed E-state index contributed by atoms with van der Waals surface area (Å²) in [7, 11) is 0. The number of hydrogen-bond acceptors (Lipinski definition) is 5. The van der Waals surface area contributed by atoms with E-state index in [1.807, 2.05) is 0 Å². The zero-order valence-corrected chi connectivity index (χ0v) is 17.3. The number of esters is 1. The van der Waals surface area contributed by atoms with E-state index in [2.05, 4.69) is 15.4 Å². The van der Waals surface area contributed by atoms with Crippen LogP contribution >= 0.6 is 0 Å². The Kier molecular flexibility index (Phi) is 7.90. The SMILES string of the molecule is CC(C)(C)OCC(NC(=O)Nc1ccccc1OC(F)(F)F)C(=O)OC(C)(C)C. The highest BCUT2D eigenvalue weighted by molar-refractivity contribution is 5.93. The number of carbonyl (C=O) groups is 2. The molecule has 1 rings (SSSR count). The minimum atomic E-state index is -4.92. The fourth-order valence-corrected chi connectivity index (χ4v) is 1.98. The first-order valence-electron chi connectivity index (χ1n) is 8.85. The average Bonchev–Trinajstić information content (AvgIpc) is 2.49. The zero-order valence-electron chi connectivity index (χ0n) is 17.3. The van der Waals surface area contributed by atoms with Crippen LogP contribution in [0.25, 0.3) is 0 Å². The van der Waals surface area contributed by atoms with Gasteiger partial charge in [-0.2, -0.15) is 0 Å². The van der Waals surface area contributed by atoms with Crippen molar-refractivity contribution in [2.45, 2.75) is 65.1 Å². The predicted molar refractivity (Wildman–Crippen MR) is 101 cm³/mol. The van der Waals surface area contributed by atoms with Gasteiger partial charge in [0.25, 0.3) is 0 Å². The summed E-state index contributed by atoms with van der Waals surface area (Å²) in [5.41, 5.74) is -1.62. The molecule has 0 saturated heterocycles. The van der Waals surface area contributed by atoms with Crippen molar-refractivity contribution < 1.29 is 37.0 Å². The number of benzene rings is 1.